The zero-order valence-corrected chi connectivity index (χ0v) is 10.3. The Morgan fingerprint density at radius 2 is 2.00 bits per heavy atom. The molecular formula is C13H16N2S. The van der Waals surface area contributed by atoms with E-state index in [0.29, 0.717) is 0 Å². The van der Waals surface area contributed by atoms with Crippen LogP contribution in [0.2, 0.25) is 0 Å². The van der Waals surface area contributed by atoms with Gasteiger partial charge in [-0.3, -0.25) is 0 Å². The molecule has 1 N–H and O–H groups in total. The Labute approximate surface area is 99.9 Å². The van der Waals surface area contributed by atoms with E-state index >= 15 is 0 Å². The summed E-state index contributed by atoms with van der Waals surface area (Å²) in [5.41, 5.74) is 2.80. The van der Waals surface area contributed by atoms with E-state index in [1.807, 2.05) is 11.3 Å². The van der Waals surface area contributed by atoms with Crippen LogP contribution in [0.15, 0.2) is 23.6 Å². The standard InChI is InChI=1S/C13H16N2S/c1-10-2-3-12(11-4-9-16-13(10)11)15-7-5-14-6-8-15/h2-4,9,14H,5-8H2,1H3. The summed E-state index contributed by atoms with van der Waals surface area (Å²) in [7, 11) is 0. The summed E-state index contributed by atoms with van der Waals surface area (Å²) >= 11 is 1.85. The molecule has 1 aromatic heterocycles. The van der Waals surface area contributed by atoms with Gasteiger partial charge in [-0.05, 0) is 30.0 Å². The van der Waals surface area contributed by atoms with Crippen molar-refractivity contribution in [3.05, 3.63) is 29.1 Å². The third kappa shape index (κ3) is 1.60. The minimum absolute atomic E-state index is 1.10. The summed E-state index contributed by atoms with van der Waals surface area (Å²) in [5.74, 6) is 0. The Morgan fingerprint density at radius 1 is 1.19 bits per heavy atom. The fourth-order valence-corrected chi connectivity index (χ4v) is 3.26. The lowest BCUT2D eigenvalue weighted by molar-refractivity contribution is 0.590. The average Bonchev–Trinajstić information content (AvgIpc) is 2.81. The van der Waals surface area contributed by atoms with Crippen LogP contribution in [-0.2, 0) is 0 Å². The Morgan fingerprint density at radius 3 is 2.81 bits per heavy atom. The van der Waals surface area contributed by atoms with Gasteiger partial charge in [-0.25, -0.2) is 0 Å². The zero-order valence-electron chi connectivity index (χ0n) is 9.49. The first-order chi connectivity index (χ1) is 7.86. The molecule has 2 aromatic rings. The summed E-state index contributed by atoms with van der Waals surface area (Å²) in [6.45, 7) is 6.63. The van der Waals surface area contributed by atoms with Crippen molar-refractivity contribution in [1.82, 2.24) is 5.32 Å². The smallest absolute Gasteiger partial charge is 0.0455 e. The van der Waals surface area contributed by atoms with Crippen molar-refractivity contribution in [1.29, 1.82) is 0 Å². The van der Waals surface area contributed by atoms with Gasteiger partial charge < -0.3 is 10.2 Å². The molecule has 1 aromatic carbocycles. The van der Waals surface area contributed by atoms with Crippen molar-refractivity contribution in [2.45, 2.75) is 6.92 Å². The topological polar surface area (TPSA) is 15.3 Å². The second kappa shape index (κ2) is 4.07. The van der Waals surface area contributed by atoms with Gasteiger partial charge in [-0.15, -0.1) is 11.3 Å². The van der Waals surface area contributed by atoms with Crippen molar-refractivity contribution in [2.75, 3.05) is 31.1 Å². The predicted octanol–water partition coefficient (Wildman–Crippen LogP) is 2.62. The largest absolute Gasteiger partial charge is 0.368 e. The van der Waals surface area contributed by atoms with E-state index in [1.165, 1.54) is 21.3 Å². The maximum Gasteiger partial charge on any atom is 0.0455 e. The number of benzene rings is 1. The summed E-state index contributed by atoms with van der Waals surface area (Å²) in [6, 6.07) is 6.77. The van der Waals surface area contributed by atoms with Gasteiger partial charge in [0.25, 0.3) is 0 Å². The molecule has 2 nitrogen and oxygen atoms in total. The summed E-state index contributed by atoms with van der Waals surface area (Å²) in [6.07, 6.45) is 0. The quantitative estimate of drug-likeness (QED) is 0.813. The molecule has 16 heavy (non-hydrogen) atoms. The Balaban J connectivity index is 2.08. The summed E-state index contributed by atoms with van der Waals surface area (Å²) in [5, 5.41) is 7.02. The average molecular weight is 232 g/mol. The van der Waals surface area contributed by atoms with Gasteiger partial charge in [0.2, 0.25) is 0 Å². The van der Waals surface area contributed by atoms with Crippen LogP contribution in [0.1, 0.15) is 5.56 Å². The third-order valence-electron chi connectivity index (χ3n) is 3.25. The molecule has 0 unspecified atom stereocenters. The highest BCUT2D eigenvalue weighted by Gasteiger charge is 2.14. The van der Waals surface area contributed by atoms with E-state index in [0.717, 1.165) is 26.2 Å². The van der Waals surface area contributed by atoms with Gasteiger partial charge in [0.1, 0.15) is 0 Å². The normalized spacial score (nSPS) is 16.9. The summed E-state index contributed by atoms with van der Waals surface area (Å²) in [4.78, 5) is 2.49. The molecule has 0 spiro atoms. The molecular weight excluding hydrogens is 216 g/mol. The van der Waals surface area contributed by atoms with Crippen LogP contribution >= 0.6 is 11.3 Å². The first kappa shape index (κ1) is 10.1. The number of fused-ring (bicyclic) bond motifs is 1. The van der Waals surface area contributed by atoms with E-state index in [-0.39, 0.29) is 0 Å². The number of piperazine rings is 1. The maximum absolute atomic E-state index is 3.40. The van der Waals surface area contributed by atoms with Crippen molar-refractivity contribution >= 4 is 27.1 Å². The predicted molar refractivity (Wildman–Crippen MR) is 71.6 cm³/mol. The van der Waals surface area contributed by atoms with Crippen LogP contribution in [0.4, 0.5) is 5.69 Å². The van der Waals surface area contributed by atoms with E-state index in [9.17, 15) is 0 Å². The minimum atomic E-state index is 1.10. The molecule has 0 aliphatic carbocycles. The molecule has 0 radical (unpaired) electrons. The number of hydrogen-bond donors (Lipinski definition) is 1. The Bertz CT molecular complexity index is 498. The van der Waals surface area contributed by atoms with Gasteiger partial charge >= 0.3 is 0 Å². The highest BCUT2D eigenvalue weighted by Crippen LogP contribution is 2.33. The molecule has 84 valence electrons. The van der Waals surface area contributed by atoms with Crippen molar-refractivity contribution in [2.24, 2.45) is 0 Å². The lowest BCUT2D eigenvalue weighted by atomic mass is 10.1. The molecule has 1 aliphatic heterocycles. The number of aryl methyl sites for hydroxylation is 1. The van der Waals surface area contributed by atoms with Crippen LogP contribution in [0, 0.1) is 6.92 Å². The van der Waals surface area contributed by atoms with Crippen molar-refractivity contribution in [3.8, 4) is 0 Å². The fourth-order valence-electron chi connectivity index (χ4n) is 2.37. The number of nitrogens with zero attached hydrogens (tertiary/aromatic N) is 1. The second-order valence-corrected chi connectivity index (χ2v) is 5.22. The number of nitrogens with one attached hydrogen (secondary N) is 1. The molecule has 1 aliphatic rings. The highest BCUT2D eigenvalue weighted by molar-refractivity contribution is 7.17. The number of rotatable bonds is 1. The van der Waals surface area contributed by atoms with E-state index < -0.39 is 0 Å². The van der Waals surface area contributed by atoms with Gasteiger partial charge in [0, 0.05) is 42.0 Å². The molecule has 1 fully saturated rings. The van der Waals surface area contributed by atoms with Crippen LogP contribution in [0.5, 0.6) is 0 Å². The van der Waals surface area contributed by atoms with Crippen molar-refractivity contribution < 1.29 is 0 Å². The number of anilines is 1. The molecule has 2 heterocycles. The molecule has 1 saturated heterocycles. The molecule has 0 amide bonds. The van der Waals surface area contributed by atoms with Gasteiger partial charge in [0.05, 0.1) is 0 Å². The van der Waals surface area contributed by atoms with Gasteiger partial charge in [-0.2, -0.15) is 0 Å². The Hall–Kier alpha value is -1.06. The summed E-state index contributed by atoms with van der Waals surface area (Å²) < 4.78 is 1.44. The minimum Gasteiger partial charge on any atom is -0.368 e. The van der Waals surface area contributed by atoms with Crippen molar-refractivity contribution in [3.63, 3.8) is 0 Å². The van der Waals surface area contributed by atoms with Crippen LogP contribution < -0.4 is 10.2 Å². The zero-order chi connectivity index (χ0) is 11.0. The lowest BCUT2D eigenvalue weighted by Gasteiger charge is -2.30. The molecule has 0 atom stereocenters. The van der Waals surface area contributed by atoms with E-state index in [2.05, 4.69) is 40.7 Å². The third-order valence-corrected chi connectivity index (χ3v) is 4.30. The molecule has 3 rings (SSSR count). The van der Waals surface area contributed by atoms with Gasteiger partial charge in [-0.1, -0.05) is 6.07 Å². The van der Waals surface area contributed by atoms with Gasteiger partial charge in [0.15, 0.2) is 0 Å². The molecule has 3 heteroatoms. The highest BCUT2D eigenvalue weighted by atomic mass is 32.1. The first-order valence-corrected chi connectivity index (χ1v) is 6.67. The van der Waals surface area contributed by atoms with Crippen LogP contribution in [0.25, 0.3) is 10.1 Å². The van der Waals surface area contributed by atoms with E-state index in [4.69, 9.17) is 0 Å². The molecule has 0 saturated carbocycles. The van der Waals surface area contributed by atoms with Crippen LogP contribution in [-0.4, -0.2) is 26.2 Å². The number of thiophene rings is 1. The Kier molecular flexibility index (Phi) is 2.58. The second-order valence-electron chi connectivity index (χ2n) is 4.30. The van der Waals surface area contributed by atoms with E-state index in [1.54, 1.807) is 0 Å². The first-order valence-electron chi connectivity index (χ1n) is 5.79. The van der Waals surface area contributed by atoms with Crippen LogP contribution in [0.3, 0.4) is 0 Å². The molecule has 0 bridgehead atoms. The lowest BCUT2D eigenvalue weighted by Crippen LogP contribution is -2.43. The number of hydrogen-bond acceptors (Lipinski definition) is 3. The SMILES string of the molecule is Cc1ccc(N2CCNCC2)c2ccsc12. The maximum atomic E-state index is 3.40. The fraction of sp³-hybridized carbons (Fsp3) is 0.385. The monoisotopic (exact) mass is 232 g/mol.